The molecule has 0 aromatic rings. The number of piperazine rings is 1. The first-order valence-corrected chi connectivity index (χ1v) is 7.21. The van der Waals surface area contributed by atoms with Crippen LogP contribution in [0, 0.1) is 5.92 Å². The Morgan fingerprint density at radius 1 is 1.30 bits per heavy atom. The van der Waals surface area contributed by atoms with Crippen LogP contribution in [0.5, 0.6) is 0 Å². The largest absolute Gasteiger partial charge is 0.480 e. The summed E-state index contributed by atoms with van der Waals surface area (Å²) in [5.74, 6) is -1.14. The highest BCUT2D eigenvalue weighted by atomic mass is 16.4. The molecule has 1 atom stereocenters. The third kappa shape index (κ3) is 6.21. The Labute approximate surface area is 120 Å². The normalized spacial score (nSPS) is 17.8. The van der Waals surface area contributed by atoms with Crippen molar-refractivity contribution < 1.29 is 14.7 Å². The van der Waals surface area contributed by atoms with Crippen molar-refractivity contribution in [2.75, 3.05) is 39.3 Å². The fraction of sp³-hybridized carbons (Fsp3) is 0.846. The summed E-state index contributed by atoms with van der Waals surface area (Å²) >= 11 is 0. The molecule has 0 aromatic carbocycles. The van der Waals surface area contributed by atoms with Gasteiger partial charge in [0, 0.05) is 32.7 Å². The highest BCUT2D eigenvalue weighted by Gasteiger charge is 2.23. The predicted octanol–water partition coefficient (Wildman–Crippen LogP) is -0.310. The number of urea groups is 1. The summed E-state index contributed by atoms with van der Waals surface area (Å²) in [5, 5.41) is 17.5. The van der Waals surface area contributed by atoms with Gasteiger partial charge in [-0.15, -0.1) is 0 Å². The van der Waals surface area contributed by atoms with Crippen LogP contribution in [0.15, 0.2) is 0 Å². The molecule has 1 fully saturated rings. The van der Waals surface area contributed by atoms with Gasteiger partial charge < -0.3 is 26.0 Å². The van der Waals surface area contributed by atoms with Gasteiger partial charge in [0.1, 0.15) is 6.04 Å². The van der Waals surface area contributed by atoms with E-state index in [9.17, 15) is 9.59 Å². The van der Waals surface area contributed by atoms with E-state index >= 15 is 0 Å². The topological polar surface area (TPSA) is 93.7 Å². The minimum absolute atomic E-state index is 0.140. The molecule has 0 radical (unpaired) electrons. The van der Waals surface area contributed by atoms with E-state index in [0.717, 1.165) is 39.1 Å². The summed E-state index contributed by atoms with van der Waals surface area (Å²) in [7, 11) is 0. The summed E-state index contributed by atoms with van der Waals surface area (Å²) in [4.78, 5) is 24.9. The highest BCUT2D eigenvalue weighted by molar-refractivity contribution is 5.82. The maximum atomic E-state index is 11.6. The van der Waals surface area contributed by atoms with Crippen LogP contribution < -0.4 is 16.0 Å². The SMILES string of the molecule is CC(C)[C@H](NC(=O)NCCCN1CCNCC1)C(=O)O. The van der Waals surface area contributed by atoms with E-state index < -0.39 is 18.0 Å². The zero-order chi connectivity index (χ0) is 15.0. The van der Waals surface area contributed by atoms with Crippen LogP contribution >= 0.6 is 0 Å². The molecular weight excluding hydrogens is 260 g/mol. The molecule has 1 aliphatic rings. The Kier molecular flexibility index (Phi) is 7.32. The average molecular weight is 286 g/mol. The Bertz CT molecular complexity index is 317. The minimum Gasteiger partial charge on any atom is -0.480 e. The van der Waals surface area contributed by atoms with E-state index in [1.807, 2.05) is 0 Å². The Morgan fingerprint density at radius 2 is 1.95 bits per heavy atom. The van der Waals surface area contributed by atoms with Crippen LogP contribution in [0.1, 0.15) is 20.3 Å². The molecule has 7 heteroatoms. The number of nitrogens with zero attached hydrogens (tertiary/aromatic N) is 1. The van der Waals surface area contributed by atoms with E-state index in [4.69, 9.17) is 5.11 Å². The Hall–Kier alpha value is -1.34. The van der Waals surface area contributed by atoms with Crippen LogP contribution in [0.25, 0.3) is 0 Å². The van der Waals surface area contributed by atoms with Crippen molar-refractivity contribution in [3.8, 4) is 0 Å². The number of rotatable bonds is 7. The van der Waals surface area contributed by atoms with Gasteiger partial charge in [0.05, 0.1) is 0 Å². The lowest BCUT2D eigenvalue weighted by atomic mass is 10.1. The summed E-state index contributed by atoms with van der Waals surface area (Å²) in [6.07, 6.45) is 0.868. The number of carboxylic acids is 1. The van der Waals surface area contributed by atoms with Gasteiger partial charge in [-0.25, -0.2) is 9.59 Å². The van der Waals surface area contributed by atoms with Crippen LogP contribution in [-0.4, -0.2) is 67.3 Å². The molecular formula is C13H26N4O3. The number of hydrogen-bond donors (Lipinski definition) is 4. The van der Waals surface area contributed by atoms with Crippen LogP contribution in [0.3, 0.4) is 0 Å². The molecule has 0 unspecified atom stereocenters. The molecule has 1 heterocycles. The van der Waals surface area contributed by atoms with E-state index in [1.165, 1.54) is 0 Å². The predicted molar refractivity (Wildman–Crippen MR) is 76.7 cm³/mol. The number of nitrogens with one attached hydrogen (secondary N) is 3. The molecule has 0 aromatic heterocycles. The van der Waals surface area contributed by atoms with E-state index in [-0.39, 0.29) is 5.92 Å². The third-order valence-electron chi connectivity index (χ3n) is 3.37. The molecule has 20 heavy (non-hydrogen) atoms. The summed E-state index contributed by atoms with van der Waals surface area (Å²) in [6.45, 7) is 9.16. The maximum Gasteiger partial charge on any atom is 0.326 e. The number of carboxylic acid groups (broad SMARTS) is 1. The number of hydrogen-bond acceptors (Lipinski definition) is 4. The molecule has 0 spiro atoms. The number of aliphatic carboxylic acids is 1. The van der Waals surface area contributed by atoms with Crippen molar-refractivity contribution in [3.63, 3.8) is 0 Å². The molecule has 0 aliphatic carbocycles. The second kappa shape index (κ2) is 8.76. The second-order valence-electron chi connectivity index (χ2n) is 5.41. The van der Waals surface area contributed by atoms with E-state index in [2.05, 4.69) is 20.9 Å². The molecule has 116 valence electrons. The summed E-state index contributed by atoms with van der Waals surface area (Å²) < 4.78 is 0. The van der Waals surface area contributed by atoms with Crippen LogP contribution in [0.2, 0.25) is 0 Å². The number of carbonyl (C=O) groups is 2. The quantitative estimate of drug-likeness (QED) is 0.482. The first-order chi connectivity index (χ1) is 9.50. The van der Waals surface area contributed by atoms with Crippen molar-refractivity contribution in [1.29, 1.82) is 0 Å². The smallest absolute Gasteiger partial charge is 0.326 e. The first-order valence-electron chi connectivity index (χ1n) is 7.21. The van der Waals surface area contributed by atoms with Crippen molar-refractivity contribution in [3.05, 3.63) is 0 Å². The maximum absolute atomic E-state index is 11.6. The average Bonchev–Trinajstić information content (AvgIpc) is 2.41. The zero-order valence-electron chi connectivity index (χ0n) is 12.3. The third-order valence-corrected chi connectivity index (χ3v) is 3.37. The van der Waals surface area contributed by atoms with Crippen molar-refractivity contribution >= 4 is 12.0 Å². The lowest BCUT2D eigenvalue weighted by Gasteiger charge is -2.27. The standard InChI is InChI=1S/C13H26N4O3/c1-10(2)11(12(18)19)16-13(20)15-4-3-7-17-8-5-14-6-9-17/h10-11,14H,3-9H2,1-2H3,(H,18,19)(H2,15,16,20)/t11-/m0/s1. The van der Waals surface area contributed by atoms with Gasteiger partial charge >= 0.3 is 12.0 Å². The van der Waals surface area contributed by atoms with Gasteiger partial charge in [0.15, 0.2) is 0 Å². The van der Waals surface area contributed by atoms with Gasteiger partial charge in [-0.1, -0.05) is 13.8 Å². The fourth-order valence-electron chi connectivity index (χ4n) is 2.15. The second-order valence-corrected chi connectivity index (χ2v) is 5.41. The fourth-order valence-corrected chi connectivity index (χ4v) is 2.15. The Morgan fingerprint density at radius 3 is 2.50 bits per heavy atom. The summed E-state index contributed by atoms with van der Waals surface area (Å²) in [6, 6.07) is -1.26. The lowest BCUT2D eigenvalue weighted by molar-refractivity contribution is -0.140. The van der Waals surface area contributed by atoms with Gasteiger partial charge in [-0.2, -0.15) is 0 Å². The summed E-state index contributed by atoms with van der Waals surface area (Å²) in [5.41, 5.74) is 0. The molecule has 7 nitrogen and oxygen atoms in total. The molecule has 1 rings (SSSR count). The van der Waals surface area contributed by atoms with E-state index in [1.54, 1.807) is 13.8 Å². The molecule has 2 amide bonds. The number of carbonyl (C=O) groups excluding carboxylic acids is 1. The monoisotopic (exact) mass is 286 g/mol. The van der Waals surface area contributed by atoms with Gasteiger partial charge in [0.25, 0.3) is 0 Å². The van der Waals surface area contributed by atoms with Gasteiger partial charge in [-0.3, -0.25) is 0 Å². The lowest BCUT2D eigenvalue weighted by Crippen LogP contribution is -2.49. The van der Waals surface area contributed by atoms with E-state index in [0.29, 0.717) is 6.54 Å². The van der Waals surface area contributed by atoms with Crippen molar-refractivity contribution in [2.24, 2.45) is 5.92 Å². The van der Waals surface area contributed by atoms with Crippen LogP contribution in [0.4, 0.5) is 4.79 Å². The zero-order valence-corrected chi connectivity index (χ0v) is 12.3. The molecule has 0 saturated carbocycles. The number of amides is 2. The van der Waals surface area contributed by atoms with Crippen molar-refractivity contribution in [2.45, 2.75) is 26.3 Å². The first kappa shape index (κ1) is 16.7. The highest BCUT2D eigenvalue weighted by Crippen LogP contribution is 2.01. The Balaban J connectivity index is 2.14. The molecule has 1 saturated heterocycles. The van der Waals surface area contributed by atoms with Crippen LogP contribution in [-0.2, 0) is 4.79 Å². The minimum atomic E-state index is -1.00. The van der Waals surface area contributed by atoms with Gasteiger partial charge in [0.2, 0.25) is 0 Å². The molecule has 4 N–H and O–H groups in total. The van der Waals surface area contributed by atoms with Crippen molar-refractivity contribution in [1.82, 2.24) is 20.9 Å². The molecule has 0 bridgehead atoms. The van der Waals surface area contributed by atoms with Gasteiger partial charge in [-0.05, 0) is 18.9 Å². The molecule has 1 aliphatic heterocycles.